The van der Waals surface area contributed by atoms with Crippen molar-refractivity contribution >= 4 is 12.0 Å². The fraction of sp³-hybridized carbons (Fsp3) is 0.263. The second-order valence-electron chi connectivity index (χ2n) is 5.65. The van der Waals surface area contributed by atoms with Gasteiger partial charge in [-0.05, 0) is 17.7 Å². The molecule has 0 aliphatic carbocycles. The van der Waals surface area contributed by atoms with Crippen LogP contribution in [0.25, 0.3) is 0 Å². The number of ether oxygens (including phenoxy) is 2. The van der Waals surface area contributed by atoms with Gasteiger partial charge in [-0.3, -0.25) is 9.69 Å². The summed E-state index contributed by atoms with van der Waals surface area (Å²) < 4.78 is 10.6. The van der Waals surface area contributed by atoms with E-state index >= 15 is 0 Å². The van der Waals surface area contributed by atoms with Crippen molar-refractivity contribution in [2.24, 2.45) is 0 Å². The molecule has 1 atom stereocenters. The molecule has 1 aliphatic heterocycles. The largest absolute Gasteiger partial charge is 0.492 e. The third kappa shape index (κ3) is 4.50. The number of para-hydroxylation sites is 1. The molecule has 25 heavy (non-hydrogen) atoms. The predicted octanol–water partition coefficient (Wildman–Crippen LogP) is 2.20. The Morgan fingerprint density at radius 2 is 1.80 bits per heavy atom. The molecule has 0 spiro atoms. The van der Waals surface area contributed by atoms with Crippen molar-refractivity contribution in [3.8, 4) is 5.75 Å². The molecule has 6 nitrogen and oxygen atoms in total. The standard InChI is InChI=1S/C19H20N2O4/c22-18(20-13-15-7-3-1-4-8-15)17-14-25-19(23)21(17)11-12-24-16-9-5-2-6-10-16/h1-10,17H,11-14H2,(H,20,22)/t17-/m0/s1. The van der Waals surface area contributed by atoms with Crippen molar-refractivity contribution in [1.82, 2.24) is 10.2 Å². The van der Waals surface area contributed by atoms with Crippen LogP contribution in [0.1, 0.15) is 5.56 Å². The summed E-state index contributed by atoms with van der Waals surface area (Å²) in [5, 5.41) is 2.85. The zero-order valence-corrected chi connectivity index (χ0v) is 13.8. The van der Waals surface area contributed by atoms with Crippen molar-refractivity contribution < 1.29 is 19.1 Å². The molecule has 1 aliphatic rings. The predicted molar refractivity (Wildman–Crippen MR) is 92.1 cm³/mol. The van der Waals surface area contributed by atoms with Crippen LogP contribution in [0.5, 0.6) is 5.75 Å². The van der Waals surface area contributed by atoms with Crippen LogP contribution >= 0.6 is 0 Å². The van der Waals surface area contributed by atoms with Crippen molar-refractivity contribution in [2.75, 3.05) is 19.8 Å². The van der Waals surface area contributed by atoms with Crippen molar-refractivity contribution in [3.63, 3.8) is 0 Å². The Morgan fingerprint density at radius 3 is 2.52 bits per heavy atom. The Labute approximate surface area is 146 Å². The minimum Gasteiger partial charge on any atom is -0.492 e. The summed E-state index contributed by atoms with van der Waals surface area (Å²) in [5.41, 5.74) is 1.00. The lowest BCUT2D eigenvalue weighted by atomic mass is 10.2. The molecule has 1 heterocycles. The smallest absolute Gasteiger partial charge is 0.410 e. The van der Waals surface area contributed by atoms with E-state index in [1.807, 2.05) is 60.7 Å². The number of rotatable bonds is 7. The first-order chi connectivity index (χ1) is 12.2. The van der Waals surface area contributed by atoms with Crippen LogP contribution < -0.4 is 10.1 Å². The summed E-state index contributed by atoms with van der Waals surface area (Å²) in [6.45, 7) is 1.06. The molecule has 6 heteroatoms. The minimum absolute atomic E-state index is 0.0603. The van der Waals surface area contributed by atoms with Gasteiger partial charge in [0, 0.05) is 6.54 Å². The number of hydrogen-bond acceptors (Lipinski definition) is 4. The summed E-state index contributed by atoms with van der Waals surface area (Å²) >= 11 is 0. The molecule has 0 saturated carbocycles. The summed E-state index contributed by atoms with van der Waals surface area (Å²) in [5.74, 6) is 0.495. The first-order valence-electron chi connectivity index (χ1n) is 8.17. The fourth-order valence-electron chi connectivity index (χ4n) is 2.60. The summed E-state index contributed by atoms with van der Waals surface area (Å²) in [6, 6.07) is 18.3. The van der Waals surface area contributed by atoms with Gasteiger partial charge in [-0.15, -0.1) is 0 Å². The molecular formula is C19H20N2O4. The number of carbonyl (C=O) groups is 2. The third-order valence-electron chi connectivity index (χ3n) is 3.93. The number of carbonyl (C=O) groups excluding carboxylic acids is 2. The Morgan fingerprint density at radius 1 is 1.12 bits per heavy atom. The topological polar surface area (TPSA) is 67.9 Å². The van der Waals surface area contributed by atoms with Gasteiger partial charge >= 0.3 is 6.09 Å². The first-order valence-corrected chi connectivity index (χ1v) is 8.17. The van der Waals surface area contributed by atoms with Gasteiger partial charge in [0.2, 0.25) is 5.91 Å². The zero-order valence-electron chi connectivity index (χ0n) is 13.8. The summed E-state index contributed by atoms with van der Waals surface area (Å²) in [4.78, 5) is 25.7. The van der Waals surface area contributed by atoms with E-state index in [2.05, 4.69) is 5.32 Å². The monoisotopic (exact) mass is 340 g/mol. The van der Waals surface area contributed by atoms with Gasteiger partial charge in [-0.25, -0.2) is 4.79 Å². The van der Waals surface area contributed by atoms with Gasteiger partial charge in [-0.1, -0.05) is 48.5 Å². The maximum absolute atomic E-state index is 12.4. The number of nitrogens with one attached hydrogen (secondary N) is 1. The van der Waals surface area contributed by atoms with Crippen LogP contribution in [-0.4, -0.2) is 42.7 Å². The van der Waals surface area contributed by atoms with Crippen molar-refractivity contribution in [1.29, 1.82) is 0 Å². The van der Waals surface area contributed by atoms with Gasteiger partial charge in [0.25, 0.3) is 0 Å². The Hall–Kier alpha value is -3.02. The molecule has 3 rings (SSSR count). The molecule has 0 bridgehead atoms. The van der Waals surface area contributed by atoms with Crippen LogP contribution in [0, 0.1) is 0 Å². The fourth-order valence-corrected chi connectivity index (χ4v) is 2.60. The average Bonchev–Trinajstić information content (AvgIpc) is 3.02. The van der Waals surface area contributed by atoms with E-state index in [0.29, 0.717) is 13.2 Å². The highest BCUT2D eigenvalue weighted by atomic mass is 16.6. The van der Waals surface area contributed by atoms with Crippen LogP contribution in [0.2, 0.25) is 0 Å². The highest BCUT2D eigenvalue weighted by molar-refractivity contribution is 5.87. The van der Waals surface area contributed by atoms with Crippen molar-refractivity contribution in [2.45, 2.75) is 12.6 Å². The molecule has 2 aromatic carbocycles. The number of nitrogens with zero attached hydrogens (tertiary/aromatic N) is 1. The molecule has 2 aromatic rings. The number of benzene rings is 2. The van der Waals surface area contributed by atoms with Gasteiger partial charge in [0.05, 0.1) is 6.54 Å². The van der Waals surface area contributed by atoms with Crippen LogP contribution in [0.4, 0.5) is 4.79 Å². The quantitative estimate of drug-likeness (QED) is 0.839. The summed E-state index contributed by atoms with van der Waals surface area (Å²) in [7, 11) is 0. The van der Waals surface area contributed by atoms with E-state index in [-0.39, 0.29) is 19.1 Å². The van der Waals surface area contributed by atoms with Gasteiger partial charge < -0.3 is 14.8 Å². The molecule has 1 fully saturated rings. The van der Waals surface area contributed by atoms with E-state index in [0.717, 1.165) is 11.3 Å². The molecule has 1 N–H and O–H groups in total. The zero-order chi connectivity index (χ0) is 17.5. The lowest BCUT2D eigenvalue weighted by Crippen LogP contribution is -2.46. The van der Waals surface area contributed by atoms with Gasteiger partial charge in [-0.2, -0.15) is 0 Å². The minimum atomic E-state index is -0.629. The number of cyclic esters (lactones) is 1. The molecule has 1 saturated heterocycles. The maximum atomic E-state index is 12.4. The lowest BCUT2D eigenvalue weighted by molar-refractivity contribution is -0.125. The summed E-state index contributed by atoms with van der Waals surface area (Å²) in [6.07, 6.45) is -0.489. The van der Waals surface area contributed by atoms with E-state index in [1.165, 1.54) is 4.90 Å². The molecule has 0 radical (unpaired) electrons. The highest BCUT2D eigenvalue weighted by Gasteiger charge is 2.37. The SMILES string of the molecule is O=C(NCc1ccccc1)[C@@H]1COC(=O)N1CCOc1ccccc1. The van der Waals surface area contributed by atoms with Gasteiger partial charge in [0.15, 0.2) is 0 Å². The number of amides is 2. The maximum Gasteiger partial charge on any atom is 0.410 e. The van der Waals surface area contributed by atoms with Crippen molar-refractivity contribution in [3.05, 3.63) is 66.2 Å². The lowest BCUT2D eigenvalue weighted by Gasteiger charge is -2.20. The second-order valence-corrected chi connectivity index (χ2v) is 5.65. The number of hydrogen-bond donors (Lipinski definition) is 1. The normalized spacial score (nSPS) is 16.4. The van der Waals surface area contributed by atoms with Gasteiger partial charge in [0.1, 0.15) is 25.0 Å². The molecule has 130 valence electrons. The Bertz CT molecular complexity index is 706. The van der Waals surface area contributed by atoms with Crippen LogP contribution in [-0.2, 0) is 16.1 Å². The average molecular weight is 340 g/mol. The second kappa shape index (κ2) is 8.19. The van der Waals surface area contributed by atoms with E-state index in [9.17, 15) is 9.59 Å². The van der Waals surface area contributed by atoms with E-state index in [4.69, 9.17) is 9.47 Å². The molecule has 2 amide bonds. The molecule has 0 aromatic heterocycles. The van der Waals surface area contributed by atoms with Crippen LogP contribution in [0.3, 0.4) is 0 Å². The van der Waals surface area contributed by atoms with E-state index in [1.54, 1.807) is 0 Å². The first kappa shape index (κ1) is 16.8. The molecular weight excluding hydrogens is 320 g/mol. The Balaban J connectivity index is 1.51. The van der Waals surface area contributed by atoms with E-state index < -0.39 is 12.1 Å². The Kier molecular flexibility index (Phi) is 5.51. The van der Waals surface area contributed by atoms with Crippen LogP contribution in [0.15, 0.2) is 60.7 Å². The molecule has 0 unspecified atom stereocenters. The third-order valence-corrected chi connectivity index (χ3v) is 3.93. The highest BCUT2D eigenvalue weighted by Crippen LogP contribution is 2.14.